The molecule has 19 heavy (non-hydrogen) atoms. The molecule has 0 saturated carbocycles. The maximum Gasteiger partial charge on any atom is 0.303 e. The minimum absolute atomic E-state index is 0.160. The van der Waals surface area contributed by atoms with E-state index < -0.39 is 16.8 Å². The molecule has 0 aliphatic carbocycles. The summed E-state index contributed by atoms with van der Waals surface area (Å²) in [5.74, 6) is -1.59. The molecule has 1 rings (SSSR count). The Hall–Kier alpha value is -2.64. The van der Waals surface area contributed by atoms with Crippen molar-refractivity contribution >= 4 is 28.9 Å². The molecule has 0 saturated heterocycles. The molecule has 0 fully saturated rings. The second-order valence-electron chi connectivity index (χ2n) is 3.68. The van der Waals surface area contributed by atoms with Gasteiger partial charge in [0.2, 0.25) is 5.91 Å². The lowest BCUT2D eigenvalue weighted by molar-refractivity contribution is -0.384. The Balaban J connectivity index is 2.85. The van der Waals surface area contributed by atoms with E-state index >= 15 is 0 Å². The van der Waals surface area contributed by atoms with Crippen molar-refractivity contribution in [2.75, 3.05) is 17.7 Å². The number of nitrogens with zero attached hydrogens (tertiary/aromatic N) is 1. The molecule has 0 spiro atoms. The molecule has 1 amide bonds. The summed E-state index contributed by atoms with van der Waals surface area (Å²) in [6.07, 6.45) is -0.489. The van der Waals surface area contributed by atoms with Crippen LogP contribution in [0.3, 0.4) is 0 Å². The fourth-order valence-corrected chi connectivity index (χ4v) is 1.40. The molecule has 0 aliphatic heterocycles. The SMILES string of the molecule is CNc1ccc([N+](=O)[O-])cc1NC(=O)CCC(=O)O. The first kappa shape index (κ1) is 14.4. The lowest BCUT2D eigenvalue weighted by Crippen LogP contribution is -2.14. The number of benzene rings is 1. The molecular formula is C11H13N3O5. The van der Waals surface area contributed by atoms with Crippen LogP contribution in [0.2, 0.25) is 0 Å². The number of hydrogen-bond donors (Lipinski definition) is 3. The number of carbonyl (C=O) groups excluding carboxylic acids is 1. The number of nitro benzene ring substituents is 1. The van der Waals surface area contributed by atoms with Gasteiger partial charge in [0.15, 0.2) is 0 Å². The molecule has 1 aromatic rings. The minimum atomic E-state index is -1.08. The maximum atomic E-state index is 11.5. The van der Waals surface area contributed by atoms with Crippen LogP contribution in [0.1, 0.15) is 12.8 Å². The molecule has 0 bridgehead atoms. The molecule has 8 heteroatoms. The third kappa shape index (κ3) is 4.26. The second kappa shape index (κ2) is 6.34. The van der Waals surface area contributed by atoms with Gasteiger partial charge in [-0.15, -0.1) is 0 Å². The quantitative estimate of drug-likeness (QED) is 0.529. The highest BCUT2D eigenvalue weighted by Gasteiger charge is 2.13. The predicted molar refractivity (Wildman–Crippen MR) is 68.1 cm³/mol. The zero-order valence-electron chi connectivity index (χ0n) is 10.2. The maximum absolute atomic E-state index is 11.5. The van der Waals surface area contributed by atoms with E-state index in [0.29, 0.717) is 5.69 Å². The van der Waals surface area contributed by atoms with Gasteiger partial charge in [0, 0.05) is 25.6 Å². The van der Waals surface area contributed by atoms with Gasteiger partial charge in [0.05, 0.1) is 22.7 Å². The highest BCUT2D eigenvalue weighted by molar-refractivity contribution is 5.95. The van der Waals surface area contributed by atoms with Crippen molar-refractivity contribution in [2.24, 2.45) is 0 Å². The van der Waals surface area contributed by atoms with E-state index in [1.807, 2.05) is 0 Å². The van der Waals surface area contributed by atoms with Gasteiger partial charge in [-0.2, -0.15) is 0 Å². The van der Waals surface area contributed by atoms with Crippen LogP contribution in [0.4, 0.5) is 17.1 Å². The molecule has 1 aromatic carbocycles. The average molecular weight is 267 g/mol. The highest BCUT2D eigenvalue weighted by atomic mass is 16.6. The number of anilines is 2. The summed E-state index contributed by atoms with van der Waals surface area (Å²) in [7, 11) is 1.61. The van der Waals surface area contributed by atoms with Crippen molar-refractivity contribution in [3.05, 3.63) is 28.3 Å². The van der Waals surface area contributed by atoms with Crippen LogP contribution < -0.4 is 10.6 Å². The van der Waals surface area contributed by atoms with E-state index in [4.69, 9.17) is 5.11 Å². The molecule has 0 aromatic heterocycles. The number of rotatable bonds is 6. The average Bonchev–Trinajstić information content (AvgIpc) is 2.36. The van der Waals surface area contributed by atoms with Gasteiger partial charge in [0.25, 0.3) is 5.69 Å². The van der Waals surface area contributed by atoms with Gasteiger partial charge in [0.1, 0.15) is 0 Å². The minimum Gasteiger partial charge on any atom is -0.481 e. The lowest BCUT2D eigenvalue weighted by atomic mass is 10.2. The Kier molecular flexibility index (Phi) is 4.81. The number of carboxylic acid groups (broad SMARTS) is 1. The zero-order valence-corrected chi connectivity index (χ0v) is 10.2. The largest absolute Gasteiger partial charge is 0.481 e. The van der Waals surface area contributed by atoms with Crippen LogP contribution in [0, 0.1) is 10.1 Å². The van der Waals surface area contributed by atoms with Gasteiger partial charge in [-0.1, -0.05) is 0 Å². The molecule has 3 N–H and O–H groups in total. The zero-order chi connectivity index (χ0) is 14.4. The molecule has 0 aliphatic rings. The summed E-state index contributed by atoms with van der Waals surface area (Å²) < 4.78 is 0. The summed E-state index contributed by atoms with van der Waals surface area (Å²) in [6.45, 7) is 0. The van der Waals surface area contributed by atoms with Crippen LogP contribution in [-0.4, -0.2) is 29.0 Å². The summed E-state index contributed by atoms with van der Waals surface area (Å²) in [5, 5.41) is 24.3. The van der Waals surface area contributed by atoms with Crippen LogP contribution in [0.15, 0.2) is 18.2 Å². The molecule has 102 valence electrons. The Morgan fingerprint density at radius 3 is 2.53 bits per heavy atom. The fraction of sp³-hybridized carbons (Fsp3) is 0.273. The van der Waals surface area contributed by atoms with Crippen LogP contribution in [-0.2, 0) is 9.59 Å². The monoisotopic (exact) mass is 267 g/mol. The van der Waals surface area contributed by atoms with Crippen molar-refractivity contribution in [1.29, 1.82) is 0 Å². The molecule has 0 radical (unpaired) electrons. The van der Waals surface area contributed by atoms with Gasteiger partial charge in [-0.25, -0.2) is 0 Å². The van der Waals surface area contributed by atoms with Gasteiger partial charge < -0.3 is 15.7 Å². The van der Waals surface area contributed by atoms with E-state index in [2.05, 4.69) is 10.6 Å². The van der Waals surface area contributed by atoms with Gasteiger partial charge >= 0.3 is 5.97 Å². The molecule has 0 atom stereocenters. The fourth-order valence-electron chi connectivity index (χ4n) is 1.40. The first-order valence-electron chi connectivity index (χ1n) is 5.42. The van der Waals surface area contributed by atoms with Crippen molar-refractivity contribution in [1.82, 2.24) is 0 Å². The van der Waals surface area contributed by atoms with E-state index in [-0.39, 0.29) is 24.2 Å². The van der Waals surface area contributed by atoms with E-state index in [1.54, 1.807) is 7.05 Å². The summed E-state index contributed by atoms with van der Waals surface area (Å²) >= 11 is 0. The number of non-ortho nitro benzene ring substituents is 1. The molecule has 8 nitrogen and oxygen atoms in total. The first-order chi connectivity index (χ1) is 8.93. The molecular weight excluding hydrogens is 254 g/mol. The highest BCUT2D eigenvalue weighted by Crippen LogP contribution is 2.26. The summed E-state index contributed by atoms with van der Waals surface area (Å²) in [4.78, 5) is 31.9. The number of amides is 1. The number of hydrogen-bond acceptors (Lipinski definition) is 5. The van der Waals surface area contributed by atoms with Crippen molar-refractivity contribution in [2.45, 2.75) is 12.8 Å². The number of nitrogens with one attached hydrogen (secondary N) is 2. The van der Waals surface area contributed by atoms with Crippen molar-refractivity contribution < 1.29 is 19.6 Å². The summed E-state index contributed by atoms with van der Waals surface area (Å²) in [5.41, 5.74) is 0.592. The van der Waals surface area contributed by atoms with Crippen LogP contribution >= 0.6 is 0 Å². The number of carbonyl (C=O) groups is 2. The van der Waals surface area contributed by atoms with Crippen molar-refractivity contribution in [3.8, 4) is 0 Å². The topological polar surface area (TPSA) is 122 Å². The van der Waals surface area contributed by atoms with E-state index in [0.717, 1.165) is 0 Å². The third-order valence-electron chi connectivity index (χ3n) is 2.32. The predicted octanol–water partition coefficient (Wildman–Crippen LogP) is 1.44. The standard InChI is InChI=1S/C11H13N3O5/c1-12-8-3-2-7(14(18)19)6-9(8)13-10(15)4-5-11(16)17/h2-3,6,12H,4-5H2,1H3,(H,13,15)(H,16,17). The Labute approximate surface area is 108 Å². The summed E-state index contributed by atoms with van der Waals surface area (Å²) in [6, 6.07) is 3.98. The van der Waals surface area contributed by atoms with Crippen LogP contribution in [0.25, 0.3) is 0 Å². The first-order valence-corrected chi connectivity index (χ1v) is 5.42. The Morgan fingerprint density at radius 2 is 2.00 bits per heavy atom. The Bertz CT molecular complexity index is 515. The van der Waals surface area contributed by atoms with E-state index in [1.165, 1.54) is 18.2 Å². The second-order valence-corrected chi connectivity index (χ2v) is 3.68. The number of nitro groups is 1. The number of carboxylic acids is 1. The smallest absolute Gasteiger partial charge is 0.303 e. The third-order valence-corrected chi connectivity index (χ3v) is 2.32. The number of aliphatic carboxylic acids is 1. The molecule has 0 heterocycles. The molecule has 0 unspecified atom stereocenters. The van der Waals surface area contributed by atoms with Gasteiger partial charge in [-0.05, 0) is 6.07 Å². The normalized spacial score (nSPS) is 9.74. The van der Waals surface area contributed by atoms with Crippen LogP contribution in [0.5, 0.6) is 0 Å². The van der Waals surface area contributed by atoms with Crippen molar-refractivity contribution in [3.63, 3.8) is 0 Å². The van der Waals surface area contributed by atoms with E-state index in [9.17, 15) is 19.7 Å². The Morgan fingerprint density at radius 1 is 1.32 bits per heavy atom. The lowest BCUT2D eigenvalue weighted by Gasteiger charge is -2.10. The van der Waals surface area contributed by atoms with Gasteiger partial charge in [-0.3, -0.25) is 19.7 Å².